The standard InChI is InChI=1S/C25H29BrClN5O/c26-20-16-28-32-23(15-22(30-24(20)32)19-9-5-6-10-21(19)27)29-18-11-13-31(14-12-18)25(33)17-7-3-1-2-4-8-17/h5-6,9-10,15-18,29H,1-4,7-8,11-14H2. The summed E-state index contributed by atoms with van der Waals surface area (Å²) in [6, 6.07) is 10.0. The molecule has 1 saturated carbocycles. The zero-order valence-electron chi connectivity index (χ0n) is 18.6. The summed E-state index contributed by atoms with van der Waals surface area (Å²) >= 11 is 10.0. The summed E-state index contributed by atoms with van der Waals surface area (Å²) < 4.78 is 2.66. The van der Waals surface area contributed by atoms with Gasteiger partial charge in [-0.2, -0.15) is 9.61 Å². The number of likely N-dealkylation sites (tertiary alicyclic amines) is 1. The van der Waals surface area contributed by atoms with Gasteiger partial charge in [-0.15, -0.1) is 0 Å². The van der Waals surface area contributed by atoms with Crippen LogP contribution in [0, 0.1) is 5.92 Å². The van der Waals surface area contributed by atoms with Gasteiger partial charge in [-0.1, -0.05) is 55.5 Å². The Kier molecular flexibility index (Phi) is 6.88. The van der Waals surface area contributed by atoms with E-state index in [0.29, 0.717) is 10.9 Å². The van der Waals surface area contributed by atoms with Gasteiger partial charge in [-0.25, -0.2) is 4.98 Å². The van der Waals surface area contributed by atoms with Crippen molar-refractivity contribution in [2.75, 3.05) is 18.4 Å². The fourth-order valence-corrected chi connectivity index (χ4v) is 5.66. The molecule has 8 heteroatoms. The fourth-order valence-electron chi connectivity index (χ4n) is 5.08. The lowest BCUT2D eigenvalue weighted by atomic mass is 9.96. The first-order chi connectivity index (χ1) is 16.1. The maximum atomic E-state index is 13.0. The largest absolute Gasteiger partial charge is 0.367 e. The molecule has 1 aliphatic carbocycles. The SMILES string of the molecule is O=C(C1CCCCCC1)N1CCC(Nc2cc(-c3ccccc3Cl)nc3c(Br)cnn23)CC1. The van der Waals surface area contributed by atoms with E-state index in [9.17, 15) is 4.79 Å². The van der Waals surface area contributed by atoms with Crippen LogP contribution in [-0.2, 0) is 4.79 Å². The third kappa shape index (κ3) is 4.90. The number of benzene rings is 1. The number of amides is 1. The molecule has 0 unspecified atom stereocenters. The lowest BCUT2D eigenvalue weighted by Crippen LogP contribution is -2.45. The van der Waals surface area contributed by atoms with Crippen molar-refractivity contribution in [3.05, 3.63) is 46.0 Å². The van der Waals surface area contributed by atoms with Crippen LogP contribution in [0.25, 0.3) is 16.9 Å². The van der Waals surface area contributed by atoms with Crippen molar-refractivity contribution in [1.82, 2.24) is 19.5 Å². The minimum absolute atomic E-state index is 0.233. The average Bonchev–Trinajstić information content (AvgIpc) is 3.03. The highest BCUT2D eigenvalue weighted by molar-refractivity contribution is 9.10. The van der Waals surface area contributed by atoms with Gasteiger partial charge in [0.15, 0.2) is 5.65 Å². The smallest absolute Gasteiger partial charge is 0.225 e. The van der Waals surface area contributed by atoms with E-state index >= 15 is 0 Å². The third-order valence-corrected chi connectivity index (χ3v) is 7.83. The van der Waals surface area contributed by atoms with E-state index in [1.807, 2.05) is 34.8 Å². The molecule has 0 spiro atoms. The van der Waals surface area contributed by atoms with Gasteiger partial charge in [-0.3, -0.25) is 4.79 Å². The summed E-state index contributed by atoms with van der Waals surface area (Å²) in [6.45, 7) is 1.61. The van der Waals surface area contributed by atoms with Crippen LogP contribution >= 0.6 is 27.5 Å². The molecule has 2 fully saturated rings. The van der Waals surface area contributed by atoms with Gasteiger partial charge in [-0.05, 0) is 47.7 Å². The molecule has 5 rings (SSSR count). The Morgan fingerprint density at radius 3 is 2.52 bits per heavy atom. The molecule has 2 aliphatic rings. The molecule has 1 amide bonds. The second kappa shape index (κ2) is 10.0. The number of hydrogen-bond donors (Lipinski definition) is 1. The molecule has 0 radical (unpaired) electrons. The second-order valence-corrected chi connectivity index (χ2v) is 10.4. The number of carbonyl (C=O) groups is 1. The van der Waals surface area contributed by atoms with Crippen molar-refractivity contribution in [1.29, 1.82) is 0 Å². The maximum absolute atomic E-state index is 13.0. The van der Waals surface area contributed by atoms with Crippen molar-refractivity contribution >= 4 is 44.9 Å². The lowest BCUT2D eigenvalue weighted by Gasteiger charge is -2.35. The van der Waals surface area contributed by atoms with Gasteiger partial charge in [0.25, 0.3) is 0 Å². The number of nitrogens with zero attached hydrogens (tertiary/aromatic N) is 4. The first-order valence-electron chi connectivity index (χ1n) is 11.9. The van der Waals surface area contributed by atoms with Gasteiger partial charge >= 0.3 is 0 Å². The minimum atomic E-state index is 0.233. The van der Waals surface area contributed by atoms with Gasteiger partial charge in [0.2, 0.25) is 5.91 Å². The highest BCUT2D eigenvalue weighted by atomic mass is 79.9. The number of nitrogens with one attached hydrogen (secondary N) is 1. The van der Waals surface area contributed by atoms with Crippen LogP contribution in [0.15, 0.2) is 41.0 Å². The molecular weight excluding hydrogens is 502 g/mol. The normalized spacial score (nSPS) is 18.4. The molecule has 2 aromatic heterocycles. The zero-order chi connectivity index (χ0) is 22.8. The first-order valence-corrected chi connectivity index (χ1v) is 13.1. The number of rotatable bonds is 4. The van der Waals surface area contributed by atoms with Crippen molar-refractivity contribution in [3.63, 3.8) is 0 Å². The molecule has 0 atom stereocenters. The Hall–Kier alpha value is -2.12. The molecule has 174 valence electrons. The van der Waals surface area contributed by atoms with Crippen LogP contribution in [-0.4, -0.2) is 44.5 Å². The molecule has 3 aromatic rings. The van der Waals surface area contributed by atoms with E-state index in [0.717, 1.165) is 66.0 Å². The molecule has 1 N–H and O–H groups in total. The number of aromatic nitrogens is 3. The van der Waals surface area contributed by atoms with E-state index in [-0.39, 0.29) is 12.0 Å². The van der Waals surface area contributed by atoms with Crippen LogP contribution in [0.3, 0.4) is 0 Å². The number of halogens is 2. The topological polar surface area (TPSA) is 62.5 Å². The second-order valence-electron chi connectivity index (χ2n) is 9.17. The summed E-state index contributed by atoms with van der Waals surface area (Å²) in [7, 11) is 0. The molecule has 3 heterocycles. The van der Waals surface area contributed by atoms with Crippen LogP contribution in [0.5, 0.6) is 0 Å². The summed E-state index contributed by atoms with van der Waals surface area (Å²) in [5, 5.41) is 8.84. The highest BCUT2D eigenvalue weighted by Crippen LogP contribution is 2.31. The molecule has 33 heavy (non-hydrogen) atoms. The molecule has 1 aliphatic heterocycles. The lowest BCUT2D eigenvalue weighted by molar-refractivity contribution is -0.136. The van der Waals surface area contributed by atoms with E-state index in [1.54, 1.807) is 6.20 Å². The summed E-state index contributed by atoms with van der Waals surface area (Å²) in [6.07, 6.45) is 10.7. The third-order valence-electron chi connectivity index (χ3n) is 6.94. The Balaban J connectivity index is 1.32. The Labute approximate surface area is 207 Å². The van der Waals surface area contributed by atoms with Crippen molar-refractivity contribution in [2.45, 2.75) is 57.4 Å². The first kappa shape index (κ1) is 22.7. The van der Waals surface area contributed by atoms with Crippen LogP contribution in [0.1, 0.15) is 51.4 Å². The highest BCUT2D eigenvalue weighted by Gasteiger charge is 2.29. The molecule has 1 aromatic carbocycles. The zero-order valence-corrected chi connectivity index (χ0v) is 21.0. The Bertz CT molecular complexity index is 1130. The number of anilines is 1. The fraction of sp³-hybridized carbons (Fsp3) is 0.480. The van der Waals surface area contributed by atoms with E-state index < -0.39 is 0 Å². The van der Waals surface area contributed by atoms with Gasteiger partial charge < -0.3 is 10.2 Å². The monoisotopic (exact) mass is 529 g/mol. The molecule has 6 nitrogen and oxygen atoms in total. The maximum Gasteiger partial charge on any atom is 0.225 e. The Morgan fingerprint density at radius 2 is 1.79 bits per heavy atom. The van der Waals surface area contributed by atoms with Crippen molar-refractivity contribution < 1.29 is 4.79 Å². The predicted molar refractivity (Wildman–Crippen MR) is 136 cm³/mol. The minimum Gasteiger partial charge on any atom is -0.367 e. The number of hydrogen-bond acceptors (Lipinski definition) is 4. The molecule has 0 bridgehead atoms. The van der Waals surface area contributed by atoms with Crippen LogP contribution in [0.2, 0.25) is 5.02 Å². The quantitative estimate of drug-likeness (QED) is 0.409. The van der Waals surface area contributed by atoms with Gasteiger partial charge in [0.05, 0.1) is 16.4 Å². The molecular formula is C25H29BrClN5O. The van der Waals surface area contributed by atoms with Crippen molar-refractivity contribution in [2.24, 2.45) is 5.92 Å². The van der Waals surface area contributed by atoms with Crippen LogP contribution < -0.4 is 5.32 Å². The molecule has 1 saturated heterocycles. The van der Waals surface area contributed by atoms with E-state index in [2.05, 4.69) is 31.2 Å². The number of piperidine rings is 1. The van der Waals surface area contributed by atoms with E-state index in [4.69, 9.17) is 16.6 Å². The van der Waals surface area contributed by atoms with Gasteiger partial charge in [0, 0.05) is 41.7 Å². The van der Waals surface area contributed by atoms with Crippen LogP contribution in [0.4, 0.5) is 5.82 Å². The predicted octanol–water partition coefficient (Wildman–Crippen LogP) is 6.19. The average molecular weight is 531 g/mol. The Morgan fingerprint density at radius 1 is 1.06 bits per heavy atom. The summed E-state index contributed by atoms with van der Waals surface area (Å²) in [4.78, 5) is 19.9. The summed E-state index contributed by atoms with van der Waals surface area (Å²) in [5.74, 6) is 1.49. The summed E-state index contributed by atoms with van der Waals surface area (Å²) in [5.41, 5.74) is 2.44. The van der Waals surface area contributed by atoms with Crippen molar-refractivity contribution in [3.8, 4) is 11.3 Å². The number of carbonyl (C=O) groups excluding carboxylic acids is 1. The number of fused-ring (bicyclic) bond motifs is 1. The van der Waals surface area contributed by atoms with Gasteiger partial charge in [0.1, 0.15) is 5.82 Å². The van der Waals surface area contributed by atoms with E-state index in [1.165, 1.54) is 25.7 Å².